The maximum absolute atomic E-state index is 13.0. The van der Waals surface area contributed by atoms with Gasteiger partial charge in [-0.15, -0.1) is 0 Å². The molecule has 4 aromatic rings. The number of anilines is 1. The molecule has 0 fully saturated rings. The quantitative estimate of drug-likeness (QED) is 0.362. The predicted molar refractivity (Wildman–Crippen MR) is 135 cm³/mol. The minimum absolute atomic E-state index is 0.0359. The predicted octanol–water partition coefficient (Wildman–Crippen LogP) is 4.13. The Morgan fingerprint density at radius 2 is 1.78 bits per heavy atom. The van der Waals surface area contributed by atoms with E-state index in [1.807, 2.05) is 67.6 Å². The molecule has 1 heterocycles. The first-order chi connectivity index (χ1) is 17.4. The van der Waals surface area contributed by atoms with Crippen LogP contribution in [0.5, 0.6) is 0 Å². The fourth-order valence-electron chi connectivity index (χ4n) is 3.58. The van der Waals surface area contributed by atoms with Crippen LogP contribution in [0.25, 0.3) is 16.6 Å². The van der Waals surface area contributed by atoms with Crippen LogP contribution in [-0.4, -0.2) is 40.4 Å². The molecule has 0 radical (unpaired) electrons. The summed E-state index contributed by atoms with van der Waals surface area (Å²) in [7, 11) is 0. The second-order valence-corrected chi connectivity index (χ2v) is 8.22. The summed E-state index contributed by atoms with van der Waals surface area (Å²) in [4.78, 5) is 36.7. The number of hydrogen-bond acceptors (Lipinski definition) is 6. The van der Waals surface area contributed by atoms with Crippen LogP contribution in [0.4, 0.5) is 10.5 Å². The molecule has 9 heteroatoms. The second-order valence-electron chi connectivity index (χ2n) is 8.22. The Morgan fingerprint density at radius 1 is 0.972 bits per heavy atom. The minimum atomic E-state index is -1.16. The molecule has 2 N–H and O–H groups in total. The molecule has 0 bridgehead atoms. The highest BCUT2D eigenvalue weighted by atomic mass is 16.6. The molecule has 0 aliphatic carbocycles. The number of aromatic nitrogens is 2. The first-order valence-electron chi connectivity index (χ1n) is 11.4. The van der Waals surface area contributed by atoms with E-state index in [1.165, 1.54) is 6.92 Å². The number of carbonyl (C=O) groups is 3. The first-order valence-corrected chi connectivity index (χ1v) is 11.4. The maximum Gasteiger partial charge on any atom is 0.408 e. The van der Waals surface area contributed by atoms with Crippen LogP contribution < -0.4 is 10.6 Å². The fraction of sp³-hybridized carbons (Fsp3) is 0.185. The van der Waals surface area contributed by atoms with Crippen molar-refractivity contribution in [3.8, 4) is 5.69 Å². The third kappa shape index (κ3) is 6.26. The topological polar surface area (TPSA) is 112 Å². The third-order valence-corrected chi connectivity index (χ3v) is 5.36. The number of fused-ring (bicyclic) bond motifs is 1. The number of aryl methyl sites for hydroxylation is 1. The summed E-state index contributed by atoms with van der Waals surface area (Å²) in [5.74, 6) is -1.13. The second kappa shape index (κ2) is 11.2. The molecule has 1 aromatic heterocycles. The largest absolute Gasteiger partial charge is 0.463 e. The number of nitrogens with zero attached hydrogens (tertiary/aromatic N) is 2. The molecular formula is C27H26N4O5. The zero-order valence-electron chi connectivity index (χ0n) is 19.9. The van der Waals surface area contributed by atoms with Crippen LogP contribution in [-0.2, 0) is 25.7 Å². The molecule has 0 aliphatic rings. The molecule has 9 nitrogen and oxygen atoms in total. The highest BCUT2D eigenvalue weighted by Gasteiger charge is 2.23. The van der Waals surface area contributed by atoms with E-state index < -0.39 is 24.0 Å². The molecule has 0 saturated heterocycles. The maximum atomic E-state index is 13.0. The number of amides is 2. The average molecular weight is 487 g/mol. The molecule has 1 atom stereocenters. The monoisotopic (exact) mass is 486 g/mol. The molecule has 36 heavy (non-hydrogen) atoms. The lowest BCUT2D eigenvalue weighted by atomic mass is 10.2. The number of rotatable bonds is 8. The van der Waals surface area contributed by atoms with Gasteiger partial charge in [-0.1, -0.05) is 42.5 Å². The van der Waals surface area contributed by atoms with Crippen molar-refractivity contribution in [2.75, 3.05) is 11.9 Å². The Balaban J connectivity index is 1.48. The Labute approximate surface area is 208 Å². The van der Waals surface area contributed by atoms with Crippen molar-refractivity contribution in [1.29, 1.82) is 0 Å². The normalized spacial score (nSPS) is 11.5. The van der Waals surface area contributed by atoms with Crippen molar-refractivity contribution in [3.63, 3.8) is 0 Å². The van der Waals surface area contributed by atoms with Gasteiger partial charge in [-0.25, -0.2) is 9.48 Å². The molecule has 0 spiro atoms. The zero-order chi connectivity index (χ0) is 25.5. The van der Waals surface area contributed by atoms with Gasteiger partial charge in [0.1, 0.15) is 19.3 Å². The van der Waals surface area contributed by atoms with E-state index in [4.69, 9.17) is 9.47 Å². The highest BCUT2D eigenvalue weighted by molar-refractivity contribution is 5.98. The molecule has 4 rings (SSSR count). The van der Waals surface area contributed by atoms with Gasteiger partial charge in [-0.05, 0) is 48.4 Å². The molecular weight excluding hydrogens is 460 g/mol. The van der Waals surface area contributed by atoms with E-state index in [1.54, 1.807) is 23.0 Å². The van der Waals surface area contributed by atoms with Gasteiger partial charge in [0.25, 0.3) is 5.91 Å². The van der Waals surface area contributed by atoms with Crippen molar-refractivity contribution < 1.29 is 23.9 Å². The van der Waals surface area contributed by atoms with Crippen LogP contribution >= 0.6 is 0 Å². The standard InChI is InChI=1S/C27H26N4O5/c1-18-7-6-10-23(13-18)31-25-14-22(12-11-21(25)15-28-31)29-26(33)24(17-35-19(2)32)30-27(34)36-16-20-8-4-3-5-9-20/h3-15,24H,16-17H2,1-2H3,(H,29,33)(H,30,34). The molecule has 1 unspecified atom stereocenters. The SMILES string of the molecule is CC(=O)OCC(NC(=O)OCc1ccccc1)C(=O)Nc1ccc2cnn(-c3cccc(C)c3)c2c1. The summed E-state index contributed by atoms with van der Waals surface area (Å²) < 4.78 is 12.0. The minimum Gasteiger partial charge on any atom is -0.463 e. The van der Waals surface area contributed by atoms with Gasteiger partial charge in [-0.3, -0.25) is 9.59 Å². The zero-order valence-corrected chi connectivity index (χ0v) is 19.9. The number of carbonyl (C=O) groups excluding carboxylic acids is 3. The Hall–Kier alpha value is -4.66. The molecule has 184 valence electrons. The van der Waals surface area contributed by atoms with E-state index in [9.17, 15) is 14.4 Å². The van der Waals surface area contributed by atoms with Crippen molar-refractivity contribution >= 4 is 34.6 Å². The summed E-state index contributed by atoms with van der Waals surface area (Å²) in [5.41, 5.74) is 4.08. The Kier molecular flexibility index (Phi) is 7.60. The summed E-state index contributed by atoms with van der Waals surface area (Å²) in [6.07, 6.45) is 0.941. The third-order valence-electron chi connectivity index (χ3n) is 5.36. The lowest BCUT2D eigenvalue weighted by Crippen LogP contribution is -2.47. The van der Waals surface area contributed by atoms with Crippen LogP contribution in [0.3, 0.4) is 0 Å². The van der Waals surface area contributed by atoms with Crippen molar-refractivity contribution in [2.24, 2.45) is 0 Å². The van der Waals surface area contributed by atoms with E-state index >= 15 is 0 Å². The summed E-state index contributed by atoms with van der Waals surface area (Å²) in [6, 6.07) is 21.3. The van der Waals surface area contributed by atoms with Crippen molar-refractivity contribution in [2.45, 2.75) is 26.5 Å². The fourth-order valence-corrected chi connectivity index (χ4v) is 3.58. The number of alkyl carbamates (subject to hydrolysis) is 1. The van der Waals surface area contributed by atoms with E-state index in [0.29, 0.717) is 5.69 Å². The van der Waals surface area contributed by atoms with Crippen molar-refractivity contribution in [3.05, 3.63) is 90.1 Å². The van der Waals surface area contributed by atoms with Crippen LogP contribution in [0.15, 0.2) is 79.0 Å². The van der Waals surface area contributed by atoms with Gasteiger partial charge in [0.05, 0.1) is 17.4 Å². The Morgan fingerprint density at radius 3 is 2.53 bits per heavy atom. The summed E-state index contributed by atoms with van der Waals surface area (Å²) in [5, 5.41) is 10.6. The molecule has 0 aliphatic heterocycles. The van der Waals surface area contributed by atoms with Gasteiger partial charge in [0.2, 0.25) is 0 Å². The summed E-state index contributed by atoms with van der Waals surface area (Å²) >= 11 is 0. The lowest BCUT2D eigenvalue weighted by Gasteiger charge is -2.18. The number of benzene rings is 3. The van der Waals surface area contributed by atoms with Gasteiger partial charge in [0.15, 0.2) is 0 Å². The number of hydrogen-bond donors (Lipinski definition) is 2. The van der Waals surface area contributed by atoms with Crippen LogP contribution in [0, 0.1) is 6.92 Å². The smallest absolute Gasteiger partial charge is 0.408 e. The molecule has 2 amide bonds. The lowest BCUT2D eigenvalue weighted by molar-refractivity contribution is -0.142. The van der Waals surface area contributed by atoms with E-state index in [0.717, 1.165) is 27.7 Å². The van der Waals surface area contributed by atoms with Crippen molar-refractivity contribution in [1.82, 2.24) is 15.1 Å². The Bertz CT molecular complexity index is 1380. The van der Waals surface area contributed by atoms with Crippen LogP contribution in [0.1, 0.15) is 18.1 Å². The van der Waals surface area contributed by atoms with E-state index in [2.05, 4.69) is 15.7 Å². The first kappa shape index (κ1) is 24.5. The molecule has 0 saturated carbocycles. The van der Waals surface area contributed by atoms with Gasteiger partial charge < -0.3 is 20.1 Å². The van der Waals surface area contributed by atoms with E-state index in [-0.39, 0.29) is 13.2 Å². The summed E-state index contributed by atoms with van der Waals surface area (Å²) in [6.45, 7) is 2.92. The number of esters is 1. The van der Waals surface area contributed by atoms with Gasteiger partial charge in [-0.2, -0.15) is 5.10 Å². The van der Waals surface area contributed by atoms with Crippen LogP contribution in [0.2, 0.25) is 0 Å². The molecule has 3 aromatic carbocycles. The highest BCUT2D eigenvalue weighted by Crippen LogP contribution is 2.23. The number of ether oxygens (including phenoxy) is 2. The average Bonchev–Trinajstić information content (AvgIpc) is 3.29. The number of nitrogens with one attached hydrogen (secondary N) is 2. The van der Waals surface area contributed by atoms with Gasteiger partial charge in [0, 0.05) is 18.0 Å². The van der Waals surface area contributed by atoms with Gasteiger partial charge >= 0.3 is 12.1 Å².